The molecule has 1 heterocycles. The minimum atomic E-state index is -0.105. The third-order valence-electron chi connectivity index (χ3n) is 1.50. The van der Waals surface area contributed by atoms with Crippen molar-refractivity contribution in [3.05, 3.63) is 22.8 Å². The molecule has 15 heavy (non-hydrogen) atoms. The second-order valence-corrected chi connectivity index (χ2v) is 4.47. The monoisotopic (exact) mass is 290 g/mol. The molecule has 4 nitrogen and oxygen atoms in total. The van der Waals surface area contributed by atoms with Gasteiger partial charge in [0.05, 0.1) is 12.4 Å². The molecule has 0 aliphatic heterocycles. The molecule has 82 valence electrons. The Morgan fingerprint density at radius 3 is 3.13 bits per heavy atom. The Balaban J connectivity index is 2.37. The van der Waals surface area contributed by atoms with Gasteiger partial charge in [-0.05, 0) is 28.1 Å². The first kappa shape index (κ1) is 12.5. The van der Waals surface area contributed by atoms with Crippen molar-refractivity contribution in [3.8, 4) is 0 Å². The average molecular weight is 291 g/mol. The second kappa shape index (κ2) is 6.81. The summed E-state index contributed by atoms with van der Waals surface area (Å²) in [7, 11) is 0. The summed E-state index contributed by atoms with van der Waals surface area (Å²) >= 11 is 4.70. The number of aliphatic hydroxyl groups excluding tert-OH is 1. The number of aromatic nitrogens is 1. The van der Waals surface area contributed by atoms with Crippen molar-refractivity contribution in [2.45, 2.75) is 5.03 Å². The number of pyridine rings is 1. The van der Waals surface area contributed by atoms with Crippen LogP contribution in [0.4, 0.5) is 0 Å². The highest BCUT2D eigenvalue weighted by Gasteiger charge is 2.05. The first-order chi connectivity index (χ1) is 7.24. The quantitative estimate of drug-likeness (QED) is 0.796. The van der Waals surface area contributed by atoms with Crippen molar-refractivity contribution in [3.63, 3.8) is 0 Å². The highest BCUT2D eigenvalue weighted by molar-refractivity contribution is 9.10. The van der Waals surface area contributed by atoms with E-state index in [2.05, 4.69) is 26.2 Å². The Hall–Kier alpha value is -0.590. The number of hydrogen-bond donors (Lipinski definition) is 2. The van der Waals surface area contributed by atoms with Crippen molar-refractivity contribution < 1.29 is 9.90 Å². The molecule has 0 unspecified atom stereocenters. The largest absolute Gasteiger partial charge is 0.395 e. The molecule has 2 N–H and O–H groups in total. The lowest BCUT2D eigenvalue weighted by atomic mass is 10.5. The number of amides is 1. The fourth-order valence-corrected chi connectivity index (χ4v) is 2.17. The van der Waals surface area contributed by atoms with Gasteiger partial charge in [-0.25, -0.2) is 4.98 Å². The fourth-order valence-electron chi connectivity index (χ4n) is 0.858. The number of aliphatic hydroxyl groups is 1. The standard InChI is InChI=1S/C9H11BrN2O2S/c10-7-2-1-3-12-9(7)15-6-8(14)11-4-5-13/h1-3,13H,4-6H2,(H,11,14). The van der Waals surface area contributed by atoms with E-state index in [9.17, 15) is 4.79 Å². The van der Waals surface area contributed by atoms with Crippen LogP contribution in [0.25, 0.3) is 0 Å². The fraction of sp³-hybridized carbons (Fsp3) is 0.333. The number of hydrogen-bond acceptors (Lipinski definition) is 4. The molecule has 0 saturated carbocycles. The number of carbonyl (C=O) groups is 1. The number of nitrogens with one attached hydrogen (secondary N) is 1. The van der Waals surface area contributed by atoms with E-state index in [1.807, 2.05) is 12.1 Å². The number of halogens is 1. The van der Waals surface area contributed by atoms with Crippen LogP contribution >= 0.6 is 27.7 Å². The number of rotatable bonds is 5. The van der Waals surface area contributed by atoms with E-state index in [1.165, 1.54) is 11.8 Å². The van der Waals surface area contributed by atoms with Crippen molar-refractivity contribution in [1.82, 2.24) is 10.3 Å². The molecule has 0 aliphatic carbocycles. The zero-order chi connectivity index (χ0) is 11.1. The normalized spacial score (nSPS) is 10.0. The van der Waals surface area contributed by atoms with Crippen molar-refractivity contribution in [1.29, 1.82) is 0 Å². The maximum Gasteiger partial charge on any atom is 0.230 e. The molecule has 1 amide bonds. The Kier molecular flexibility index (Phi) is 5.67. The summed E-state index contributed by atoms with van der Waals surface area (Å²) in [5.74, 6) is 0.196. The van der Waals surface area contributed by atoms with E-state index in [-0.39, 0.29) is 12.5 Å². The minimum Gasteiger partial charge on any atom is -0.395 e. The summed E-state index contributed by atoms with van der Waals surface area (Å²) in [6.07, 6.45) is 1.68. The van der Waals surface area contributed by atoms with Crippen molar-refractivity contribution in [2.24, 2.45) is 0 Å². The van der Waals surface area contributed by atoms with Crippen LogP contribution in [-0.4, -0.2) is 34.9 Å². The molecular formula is C9H11BrN2O2S. The number of nitrogens with zero attached hydrogens (tertiary/aromatic N) is 1. The number of carbonyl (C=O) groups excluding carboxylic acids is 1. The maximum absolute atomic E-state index is 11.2. The van der Waals surface area contributed by atoms with Crippen LogP contribution in [0.2, 0.25) is 0 Å². The average Bonchev–Trinajstić information content (AvgIpc) is 2.25. The van der Waals surface area contributed by atoms with Crippen LogP contribution in [0.15, 0.2) is 27.8 Å². The lowest BCUT2D eigenvalue weighted by Crippen LogP contribution is -2.27. The lowest BCUT2D eigenvalue weighted by molar-refractivity contribution is -0.118. The summed E-state index contributed by atoms with van der Waals surface area (Å²) in [4.78, 5) is 15.3. The van der Waals surface area contributed by atoms with Gasteiger partial charge < -0.3 is 10.4 Å². The van der Waals surface area contributed by atoms with E-state index in [1.54, 1.807) is 6.20 Å². The molecule has 1 rings (SSSR count). The van der Waals surface area contributed by atoms with Crippen LogP contribution < -0.4 is 5.32 Å². The van der Waals surface area contributed by atoms with Crippen LogP contribution in [-0.2, 0) is 4.79 Å². The van der Waals surface area contributed by atoms with Crippen LogP contribution in [0.3, 0.4) is 0 Å². The predicted octanol–water partition coefficient (Wildman–Crippen LogP) is 1.04. The summed E-state index contributed by atoms with van der Waals surface area (Å²) < 4.78 is 0.880. The molecule has 0 spiro atoms. The zero-order valence-electron chi connectivity index (χ0n) is 7.94. The Labute approximate surface area is 101 Å². The summed E-state index contributed by atoms with van der Waals surface area (Å²) in [5, 5.41) is 11.9. The molecule has 1 aromatic heterocycles. The molecule has 0 aromatic carbocycles. The van der Waals surface area contributed by atoms with Crippen LogP contribution in [0, 0.1) is 0 Å². The van der Waals surface area contributed by atoms with Crippen LogP contribution in [0.1, 0.15) is 0 Å². The highest BCUT2D eigenvalue weighted by Crippen LogP contribution is 2.23. The van der Waals surface area contributed by atoms with Gasteiger partial charge in [-0.3, -0.25) is 4.79 Å². The summed E-state index contributed by atoms with van der Waals surface area (Å²) in [6, 6.07) is 3.70. The predicted molar refractivity (Wildman–Crippen MR) is 62.8 cm³/mol. The lowest BCUT2D eigenvalue weighted by Gasteiger charge is -2.03. The van der Waals surface area contributed by atoms with Gasteiger partial charge in [0.25, 0.3) is 0 Å². The first-order valence-electron chi connectivity index (χ1n) is 4.35. The zero-order valence-corrected chi connectivity index (χ0v) is 10.3. The Morgan fingerprint density at radius 1 is 1.67 bits per heavy atom. The van der Waals surface area contributed by atoms with Gasteiger partial charge in [0.1, 0.15) is 5.03 Å². The third kappa shape index (κ3) is 4.63. The summed E-state index contributed by atoms with van der Waals surface area (Å²) in [5.41, 5.74) is 0. The van der Waals surface area contributed by atoms with Gasteiger partial charge in [0.15, 0.2) is 0 Å². The molecule has 0 fully saturated rings. The van der Waals surface area contributed by atoms with Gasteiger partial charge in [-0.15, -0.1) is 0 Å². The van der Waals surface area contributed by atoms with E-state index in [0.717, 1.165) is 9.50 Å². The Bertz CT molecular complexity index is 336. The third-order valence-corrected chi connectivity index (χ3v) is 3.41. The van der Waals surface area contributed by atoms with E-state index < -0.39 is 0 Å². The van der Waals surface area contributed by atoms with E-state index in [4.69, 9.17) is 5.11 Å². The van der Waals surface area contributed by atoms with Gasteiger partial charge >= 0.3 is 0 Å². The van der Waals surface area contributed by atoms with Gasteiger partial charge in [0.2, 0.25) is 5.91 Å². The van der Waals surface area contributed by atoms with E-state index >= 15 is 0 Å². The van der Waals surface area contributed by atoms with Crippen molar-refractivity contribution >= 4 is 33.6 Å². The smallest absolute Gasteiger partial charge is 0.230 e. The topological polar surface area (TPSA) is 62.2 Å². The maximum atomic E-state index is 11.2. The molecule has 0 saturated heterocycles. The highest BCUT2D eigenvalue weighted by atomic mass is 79.9. The van der Waals surface area contributed by atoms with Crippen molar-refractivity contribution in [2.75, 3.05) is 18.9 Å². The van der Waals surface area contributed by atoms with E-state index in [0.29, 0.717) is 12.3 Å². The summed E-state index contributed by atoms with van der Waals surface area (Å²) in [6.45, 7) is 0.256. The van der Waals surface area contributed by atoms with Gasteiger partial charge in [0, 0.05) is 17.2 Å². The van der Waals surface area contributed by atoms with Gasteiger partial charge in [-0.1, -0.05) is 11.8 Å². The van der Waals surface area contributed by atoms with Gasteiger partial charge in [-0.2, -0.15) is 0 Å². The molecule has 0 atom stereocenters. The molecule has 0 bridgehead atoms. The number of thioether (sulfide) groups is 1. The second-order valence-electron chi connectivity index (χ2n) is 2.65. The SMILES string of the molecule is O=C(CSc1ncccc1Br)NCCO. The molecule has 0 aliphatic rings. The molecule has 1 aromatic rings. The minimum absolute atomic E-state index is 0.0380. The first-order valence-corrected chi connectivity index (χ1v) is 6.12. The molecule has 0 radical (unpaired) electrons. The molecular weight excluding hydrogens is 280 g/mol. The Morgan fingerprint density at radius 2 is 2.47 bits per heavy atom. The molecule has 6 heteroatoms. The van der Waals surface area contributed by atoms with Crippen LogP contribution in [0.5, 0.6) is 0 Å².